The van der Waals surface area contributed by atoms with E-state index in [1.54, 1.807) is 28.9 Å². The Kier molecular flexibility index (Phi) is 6.22. The quantitative estimate of drug-likeness (QED) is 0.786. The van der Waals surface area contributed by atoms with Crippen LogP contribution in [0.5, 0.6) is 0 Å². The Morgan fingerprint density at radius 1 is 1.13 bits per heavy atom. The Morgan fingerprint density at radius 2 is 1.81 bits per heavy atom. The molecule has 1 aliphatic heterocycles. The highest BCUT2D eigenvalue weighted by Gasteiger charge is 2.36. The molecule has 1 unspecified atom stereocenters. The summed E-state index contributed by atoms with van der Waals surface area (Å²) in [6.45, 7) is 6.02. The number of carbonyl (C=O) groups excluding carboxylic acids is 3. The smallest absolute Gasteiger partial charge is 0.409 e. The van der Waals surface area contributed by atoms with Crippen LogP contribution in [0.4, 0.5) is 9.93 Å². The molecule has 0 saturated carbocycles. The maximum atomic E-state index is 13.1. The van der Waals surface area contributed by atoms with Crippen LogP contribution in [-0.2, 0) is 16.0 Å². The number of thiazole rings is 1. The van der Waals surface area contributed by atoms with E-state index in [2.05, 4.69) is 10.3 Å². The van der Waals surface area contributed by atoms with Crippen LogP contribution in [0, 0.1) is 6.92 Å². The molecule has 2 aromatic rings. The van der Waals surface area contributed by atoms with Crippen LogP contribution >= 0.6 is 11.3 Å². The number of fused-ring (bicyclic) bond motifs is 1. The SMILES string of the molecule is CCOC(=O)N1CCN(C(=O)C2CCc3sc(NC(=O)c4ccc(C)cc4)nc32)CC1. The molecular formula is C22H26N4O4S. The Balaban J connectivity index is 1.38. The first-order valence-corrected chi connectivity index (χ1v) is 11.4. The van der Waals surface area contributed by atoms with Crippen LogP contribution in [0.15, 0.2) is 24.3 Å². The maximum absolute atomic E-state index is 13.1. The van der Waals surface area contributed by atoms with E-state index in [4.69, 9.17) is 4.74 Å². The number of nitrogens with zero attached hydrogens (tertiary/aromatic N) is 3. The zero-order valence-corrected chi connectivity index (χ0v) is 18.5. The second kappa shape index (κ2) is 9.05. The van der Waals surface area contributed by atoms with Crippen molar-refractivity contribution in [2.75, 3.05) is 38.1 Å². The summed E-state index contributed by atoms with van der Waals surface area (Å²) in [4.78, 5) is 46.6. The molecule has 0 bridgehead atoms. The molecule has 1 aromatic heterocycles. The van der Waals surface area contributed by atoms with Gasteiger partial charge in [0.25, 0.3) is 5.91 Å². The molecule has 1 saturated heterocycles. The number of rotatable bonds is 4. The molecule has 1 aliphatic carbocycles. The molecule has 1 aromatic carbocycles. The summed E-state index contributed by atoms with van der Waals surface area (Å²) >= 11 is 1.44. The predicted octanol–water partition coefficient (Wildman–Crippen LogP) is 3.03. The van der Waals surface area contributed by atoms with Gasteiger partial charge in [0, 0.05) is 36.6 Å². The number of hydrogen-bond acceptors (Lipinski definition) is 6. The number of carbonyl (C=O) groups is 3. The van der Waals surface area contributed by atoms with Gasteiger partial charge in [-0.05, 0) is 38.8 Å². The lowest BCUT2D eigenvalue weighted by Crippen LogP contribution is -2.51. The van der Waals surface area contributed by atoms with E-state index in [1.165, 1.54) is 11.3 Å². The molecule has 31 heavy (non-hydrogen) atoms. The van der Waals surface area contributed by atoms with E-state index in [1.807, 2.05) is 19.1 Å². The average molecular weight is 443 g/mol. The molecule has 8 nitrogen and oxygen atoms in total. The highest BCUT2D eigenvalue weighted by atomic mass is 32.1. The van der Waals surface area contributed by atoms with E-state index in [-0.39, 0.29) is 23.8 Å². The molecule has 1 atom stereocenters. The highest BCUT2D eigenvalue weighted by Crippen LogP contribution is 2.39. The van der Waals surface area contributed by atoms with Gasteiger partial charge < -0.3 is 14.5 Å². The van der Waals surface area contributed by atoms with E-state index < -0.39 is 0 Å². The zero-order chi connectivity index (χ0) is 22.0. The summed E-state index contributed by atoms with van der Waals surface area (Å²) in [5, 5.41) is 3.39. The Hall–Kier alpha value is -2.94. The van der Waals surface area contributed by atoms with Gasteiger partial charge in [0.2, 0.25) is 5.91 Å². The summed E-state index contributed by atoms with van der Waals surface area (Å²) in [5.74, 6) is -0.445. The minimum absolute atomic E-state index is 0.0453. The van der Waals surface area contributed by atoms with Crippen molar-refractivity contribution in [2.24, 2.45) is 0 Å². The zero-order valence-electron chi connectivity index (χ0n) is 17.7. The van der Waals surface area contributed by atoms with Crippen molar-refractivity contribution in [2.45, 2.75) is 32.6 Å². The summed E-state index contributed by atoms with van der Waals surface area (Å²) in [5.41, 5.74) is 2.45. The van der Waals surface area contributed by atoms with Crippen molar-refractivity contribution < 1.29 is 19.1 Å². The van der Waals surface area contributed by atoms with Crippen LogP contribution in [0.1, 0.15) is 45.8 Å². The molecule has 3 amide bonds. The van der Waals surface area contributed by atoms with Gasteiger partial charge in [-0.3, -0.25) is 14.9 Å². The standard InChI is InChI=1S/C22H26N4O4S/c1-3-30-22(29)26-12-10-25(11-13-26)20(28)16-8-9-17-18(16)23-21(31-17)24-19(27)15-6-4-14(2)5-7-15/h4-7,16H,3,8-13H2,1-2H3,(H,23,24,27). The number of piperazine rings is 1. The minimum Gasteiger partial charge on any atom is -0.450 e. The van der Waals surface area contributed by atoms with E-state index in [0.29, 0.717) is 43.5 Å². The maximum Gasteiger partial charge on any atom is 0.409 e. The first-order chi connectivity index (χ1) is 15.0. The summed E-state index contributed by atoms with van der Waals surface area (Å²) in [6, 6.07) is 7.36. The highest BCUT2D eigenvalue weighted by molar-refractivity contribution is 7.16. The van der Waals surface area contributed by atoms with Gasteiger partial charge in [0.15, 0.2) is 5.13 Å². The van der Waals surface area contributed by atoms with E-state index in [0.717, 1.165) is 29.0 Å². The fourth-order valence-electron chi connectivity index (χ4n) is 3.94. The number of anilines is 1. The average Bonchev–Trinajstić information content (AvgIpc) is 3.34. The number of amides is 3. The first kappa shape index (κ1) is 21.3. The Bertz CT molecular complexity index is 980. The van der Waals surface area contributed by atoms with Gasteiger partial charge >= 0.3 is 6.09 Å². The van der Waals surface area contributed by atoms with Gasteiger partial charge in [0.1, 0.15) is 0 Å². The molecule has 2 heterocycles. The largest absolute Gasteiger partial charge is 0.450 e. The molecule has 1 N–H and O–H groups in total. The molecule has 0 radical (unpaired) electrons. The van der Waals surface area contributed by atoms with Crippen LogP contribution < -0.4 is 5.32 Å². The van der Waals surface area contributed by atoms with Gasteiger partial charge in [-0.15, -0.1) is 11.3 Å². The third kappa shape index (κ3) is 4.56. The van der Waals surface area contributed by atoms with Gasteiger partial charge in [-0.25, -0.2) is 9.78 Å². The fraction of sp³-hybridized carbons (Fsp3) is 0.455. The number of benzene rings is 1. The van der Waals surface area contributed by atoms with Gasteiger partial charge in [-0.2, -0.15) is 0 Å². The van der Waals surface area contributed by atoms with Crippen molar-refractivity contribution in [3.05, 3.63) is 46.0 Å². The normalized spacial score (nSPS) is 17.9. The third-order valence-corrected chi connectivity index (χ3v) is 6.71. The summed E-state index contributed by atoms with van der Waals surface area (Å²) in [7, 11) is 0. The number of aryl methyl sites for hydroxylation is 2. The van der Waals surface area contributed by atoms with Crippen molar-refractivity contribution in [1.82, 2.24) is 14.8 Å². The lowest BCUT2D eigenvalue weighted by Gasteiger charge is -2.35. The summed E-state index contributed by atoms with van der Waals surface area (Å²) < 4.78 is 5.04. The molecule has 0 spiro atoms. The monoisotopic (exact) mass is 442 g/mol. The van der Waals surface area contributed by atoms with Crippen molar-refractivity contribution in [3.63, 3.8) is 0 Å². The van der Waals surface area contributed by atoms with E-state index in [9.17, 15) is 14.4 Å². The number of nitrogens with one attached hydrogen (secondary N) is 1. The Morgan fingerprint density at radius 3 is 2.48 bits per heavy atom. The topological polar surface area (TPSA) is 91.8 Å². The Labute approximate surface area is 185 Å². The molecule has 9 heteroatoms. The second-order valence-electron chi connectivity index (χ2n) is 7.75. The van der Waals surface area contributed by atoms with Crippen molar-refractivity contribution in [1.29, 1.82) is 0 Å². The number of hydrogen-bond donors (Lipinski definition) is 1. The lowest BCUT2D eigenvalue weighted by molar-refractivity contribution is -0.134. The molecule has 1 fully saturated rings. The summed E-state index contributed by atoms with van der Waals surface area (Å²) in [6.07, 6.45) is 1.19. The van der Waals surface area contributed by atoms with Crippen LogP contribution in [0.25, 0.3) is 0 Å². The first-order valence-electron chi connectivity index (χ1n) is 10.5. The second-order valence-corrected chi connectivity index (χ2v) is 8.83. The molecule has 164 valence electrons. The van der Waals surface area contributed by atoms with Crippen LogP contribution in [0.2, 0.25) is 0 Å². The third-order valence-electron chi connectivity index (χ3n) is 5.67. The molecular weight excluding hydrogens is 416 g/mol. The van der Waals surface area contributed by atoms with Gasteiger partial charge in [0.05, 0.1) is 18.2 Å². The van der Waals surface area contributed by atoms with Crippen molar-refractivity contribution in [3.8, 4) is 0 Å². The molecule has 2 aliphatic rings. The molecule has 4 rings (SSSR count). The minimum atomic E-state index is -0.328. The lowest BCUT2D eigenvalue weighted by atomic mass is 10.1. The number of aromatic nitrogens is 1. The fourth-order valence-corrected chi connectivity index (χ4v) is 4.97. The predicted molar refractivity (Wildman–Crippen MR) is 117 cm³/mol. The van der Waals surface area contributed by atoms with Gasteiger partial charge in [-0.1, -0.05) is 17.7 Å². The van der Waals surface area contributed by atoms with Crippen LogP contribution in [-0.4, -0.2) is 65.5 Å². The van der Waals surface area contributed by atoms with Crippen molar-refractivity contribution >= 4 is 34.4 Å². The van der Waals surface area contributed by atoms with E-state index >= 15 is 0 Å². The number of ether oxygens (including phenoxy) is 1. The van der Waals surface area contributed by atoms with Crippen LogP contribution in [0.3, 0.4) is 0 Å².